The number of aryl methyl sites for hydroxylation is 1. The lowest BCUT2D eigenvalue weighted by molar-refractivity contribution is 0.0855. The standard InChI is InChI=1S/C17H21ClN4O3/c1-3-25-17(24)21-7-5-13(6-8-21)20-16(23)15-11(2)19-14-10-12(18)4-9-22(14)15/h4,9-10,13H,3,5-8H2,1-2H3,(H,20,23). The summed E-state index contributed by atoms with van der Waals surface area (Å²) in [5, 5.41) is 3.63. The van der Waals surface area contributed by atoms with Crippen molar-refractivity contribution in [2.75, 3.05) is 19.7 Å². The van der Waals surface area contributed by atoms with Crippen LogP contribution in [0.2, 0.25) is 5.02 Å². The molecule has 1 fully saturated rings. The van der Waals surface area contributed by atoms with Crippen LogP contribution in [-0.4, -0.2) is 52.0 Å². The molecule has 3 rings (SSSR count). The van der Waals surface area contributed by atoms with E-state index in [0.717, 1.165) is 0 Å². The van der Waals surface area contributed by atoms with E-state index in [1.165, 1.54) is 0 Å². The summed E-state index contributed by atoms with van der Waals surface area (Å²) in [5.74, 6) is -0.165. The van der Waals surface area contributed by atoms with Gasteiger partial charge in [-0.1, -0.05) is 11.6 Å². The van der Waals surface area contributed by atoms with Crippen LogP contribution in [0.4, 0.5) is 4.79 Å². The second-order valence-corrected chi connectivity index (χ2v) is 6.49. The van der Waals surface area contributed by atoms with Crippen molar-refractivity contribution >= 4 is 29.2 Å². The van der Waals surface area contributed by atoms with E-state index in [2.05, 4.69) is 10.3 Å². The first-order chi connectivity index (χ1) is 12.0. The molecule has 1 aliphatic heterocycles. The van der Waals surface area contributed by atoms with E-state index in [4.69, 9.17) is 16.3 Å². The molecule has 0 saturated carbocycles. The lowest BCUT2D eigenvalue weighted by atomic mass is 10.1. The van der Waals surface area contributed by atoms with Gasteiger partial charge in [0.15, 0.2) is 0 Å². The number of halogens is 1. The minimum atomic E-state index is -0.290. The Balaban J connectivity index is 1.66. The summed E-state index contributed by atoms with van der Waals surface area (Å²) in [6, 6.07) is 3.48. The van der Waals surface area contributed by atoms with Crippen LogP contribution < -0.4 is 5.32 Å². The molecular formula is C17H21ClN4O3. The highest BCUT2D eigenvalue weighted by Gasteiger charge is 2.26. The molecule has 0 aliphatic carbocycles. The van der Waals surface area contributed by atoms with Crippen molar-refractivity contribution < 1.29 is 14.3 Å². The van der Waals surface area contributed by atoms with Gasteiger partial charge >= 0.3 is 6.09 Å². The van der Waals surface area contributed by atoms with Gasteiger partial charge in [0.25, 0.3) is 5.91 Å². The molecule has 0 spiro atoms. The van der Waals surface area contributed by atoms with Crippen molar-refractivity contribution in [1.82, 2.24) is 19.6 Å². The fourth-order valence-electron chi connectivity index (χ4n) is 3.09. The van der Waals surface area contributed by atoms with Gasteiger partial charge in [0.2, 0.25) is 0 Å². The predicted molar refractivity (Wildman–Crippen MR) is 94.0 cm³/mol. The van der Waals surface area contributed by atoms with Crippen molar-refractivity contribution in [3.63, 3.8) is 0 Å². The average Bonchev–Trinajstić information content (AvgIpc) is 2.90. The van der Waals surface area contributed by atoms with Gasteiger partial charge in [-0.05, 0) is 32.8 Å². The van der Waals surface area contributed by atoms with Gasteiger partial charge in [-0.3, -0.25) is 9.20 Å². The van der Waals surface area contributed by atoms with Crippen LogP contribution in [-0.2, 0) is 4.74 Å². The Labute approximate surface area is 150 Å². The van der Waals surface area contributed by atoms with Crippen LogP contribution in [0.1, 0.15) is 35.9 Å². The van der Waals surface area contributed by atoms with Crippen LogP contribution in [0.3, 0.4) is 0 Å². The molecule has 7 nitrogen and oxygen atoms in total. The number of imidazole rings is 1. The van der Waals surface area contributed by atoms with Gasteiger partial charge < -0.3 is 15.0 Å². The molecule has 2 aromatic rings. The number of carbonyl (C=O) groups is 2. The number of amides is 2. The van der Waals surface area contributed by atoms with E-state index in [0.29, 0.717) is 54.6 Å². The highest BCUT2D eigenvalue weighted by Crippen LogP contribution is 2.18. The topological polar surface area (TPSA) is 75.9 Å². The number of piperidine rings is 1. The molecule has 3 heterocycles. The fraction of sp³-hybridized carbons (Fsp3) is 0.471. The van der Waals surface area contributed by atoms with E-state index >= 15 is 0 Å². The van der Waals surface area contributed by atoms with Crippen LogP contribution in [0.15, 0.2) is 18.3 Å². The molecule has 1 aliphatic rings. The summed E-state index contributed by atoms with van der Waals surface area (Å²) in [6.07, 6.45) is 2.86. The number of hydrogen-bond acceptors (Lipinski definition) is 4. The third-order valence-electron chi connectivity index (χ3n) is 4.33. The minimum absolute atomic E-state index is 0.0235. The van der Waals surface area contributed by atoms with Crippen LogP contribution in [0.25, 0.3) is 5.65 Å². The SMILES string of the molecule is CCOC(=O)N1CCC(NC(=O)c2c(C)nc3cc(Cl)ccn23)CC1. The Kier molecular flexibility index (Phi) is 5.13. The maximum Gasteiger partial charge on any atom is 0.409 e. The summed E-state index contributed by atoms with van der Waals surface area (Å²) in [7, 11) is 0. The van der Waals surface area contributed by atoms with Gasteiger partial charge in [0, 0.05) is 36.4 Å². The van der Waals surface area contributed by atoms with E-state index < -0.39 is 0 Å². The molecule has 0 aromatic carbocycles. The quantitative estimate of drug-likeness (QED) is 0.908. The first-order valence-electron chi connectivity index (χ1n) is 8.36. The normalized spacial score (nSPS) is 15.4. The molecule has 2 amide bonds. The number of pyridine rings is 1. The first-order valence-corrected chi connectivity index (χ1v) is 8.74. The summed E-state index contributed by atoms with van der Waals surface area (Å²) in [4.78, 5) is 30.5. The lowest BCUT2D eigenvalue weighted by Gasteiger charge is -2.31. The predicted octanol–water partition coefficient (Wildman–Crippen LogP) is 2.65. The Hall–Kier alpha value is -2.28. The third-order valence-corrected chi connectivity index (χ3v) is 4.57. The van der Waals surface area contributed by atoms with Gasteiger partial charge in [-0.15, -0.1) is 0 Å². The Morgan fingerprint density at radius 1 is 1.40 bits per heavy atom. The Bertz CT molecular complexity index is 797. The molecule has 25 heavy (non-hydrogen) atoms. The zero-order valence-corrected chi connectivity index (χ0v) is 15.0. The van der Waals surface area contributed by atoms with Crippen molar-refractivity contribution in [3.05, 3.63) is 34.7 Å². The summed E-state index contributed by atoms with van der Waals surface area (Å²) >= 11 is 5.98. The maximum atomic E-state index is 12.7. The van der Waals surface area contributed by atoms with E-state index in [1.807, 2.05) is 0 Å². The molecule has 0 unspecified atom stereocenters. The van der Waals surface area contributed by atoms with Gasteiger partial charge in [0.05, 0.1) is 12.3 Å². The molecule has 8 heteroatoms. The number of fused-ring (bicyclic) bond motifs is 1. The van der Waals surface area contributed by atoms with Gasteiger partial charge in [-0.25, -0.2) is 9.78 Å². The molecule has 0 bridgehead atoms. The van der Waals surface area contributed by atoms with Crippen LogP contribution in [0, 0.1) is 6.92 Å². The zero-order chi connectivity index (χ0) is 18.0. The van der Waals surface area contributed by atoms with Crippen molar-refractivity contribution in [1.29, 1.82) is 0 Å². The number of likely N-dealkylation sites (tertiary alicyclic amines) is 1. The number of nitrogens with one attached hydrogen (secondary N) is 1. The Morgan fingerprint density at radius 3 is 2.80 bits per heavy atom. The Morgan fingerprint density at radius 2 is 2.12 bits per heavy atom. The number of nitrogens with zero attached hydrogens (tertiary/aromatic N) is 3. The van der Waals surface area contributed by atoms with Crippen molar-refractivity contribution in [2.45, 2.75) is 32.7 Å². The summed E-state index contributed by atoms with van der Waals surface area (Å²) in [5.41, 5.74) is 1.82. The highest BCUT2D eigenvalue weighted by atomic mass is 35.5. The van der Waals surface area contributed by atoms with Crippen LogP contribution in [0.5, 0.6) is 0 Å². The third kappa shape index (κ3) is 3.71. The van der Waals surface area contributed by atoms with E-state index in [1.54, 1.807) is 41.5 Å². The number of aromatic nitrogens is 2. The van der Waals surface area contributed by atoms with Crippen molar-refractivity contribution in [2.24, 2.45) is 0 Å². The summed E-state index contributed by atoms with van der Waals surface area (Å²) < 4.78 is 6.75. The highest BCUT2D eigenvalue weighted by molar-refractivity contribution is 6.30. The molecule has 0 atom stereocenters. The van der Waals surface area contributed by atoms with Crippen LogP contribution >= 0.6 is 11.6 Å². The van der Waals surface area contributed by atoms with E-state index in [-0.39, 0.29) is 18.0 Å². The molecule has 2 aromatic heterocycles. The molecule has 0 radical (unpaired) electrons. The number of hydrogen-bond donors (Lipinski definition) is 1. The second-order valence-electron chi connectivity index (χ2n) is 6.05. The largest absolute Gasteiger partial charge is 0.450 e. The van der Waals surface area contributed by atoms with Gasteiger partial charge in [0.1, 0.15) is 11.3 Å². The van der Waals surface area contributed by atoms with Gasteiger partial charge in [-0.2, -0.15) is 0 Å². The second kappa shape index (κ2) is 7.31. The molecule has 1 saturated heterocycles. The maximum absolute atomic E-state index is 12.7. The number of rotatable bonds is 3. The van der Waals surface area contributed by atoms with E-state index in [9.17, 15) is 9.59 Å². The molecule has 1 N–H and O–H groups in total. The number of carbonyl (C=O) groups excluding carboxylic acids is 2. The van der Waals surface area contributed by atoms with Crippen molar-refractivity contribution in [3.8, 4) is 0 Å². The lowest BCUT2D eigenvalue weighted by Crippen LogP contribution is -2.47. The minimum Gasteiger partial charge on any atom is -0.450 e. The zero-order valence-electron chi connectivity index (χ0n) is 14.3. The molecule has 134 valence electrons. The summed E-state index contributed by atoms with van der Waals surface area (Å²) in [6.45, 7) is 5.11. The monoisotopic (exact) mass is 364 g/mol. The average molecular weight is 365 g/mol. The number of ether oxygens (including phenoxy) is 1. The smallest absolute Gasteiger partial charge is 0.409 e. The molecular weight excluding hydrogens is 344 g/mol. The fourth-order valence-corrected chi connectivity index (χ4v) is 3.24. The first kappa shape index (κ1) is 17.5.